The van der Waals surface area contributed by atoms with Crippen LogP contribution in [-0.2, 0) is 0 Å². The average molecular weight is 360 g/mol. The van der Waals surface area contributed by atoms with Gasteiger partial charge in [-0.3, -0.25) is 14.9 Å². The first-order valence-electron chi connectivity index (χ1n) is 7.61. The Kier molecular flexibility index (Phi) is 4.23. The Hall–Kier alpha value is -2.85. The van der Waals surface area contributed by atoms with Crippen molar-refractivity contribution < 1.29 is 14.1 Å². The molecule has 1 aliphatic rings. The number of rotatable bonds is 4. The molecule has 0 atom stereocenters. The molecule has 1 aromatic carbocycles. The van der Waals surface area contributed by atoms with Gasteiger partial charge < -0.3 is 9.32 Å². The quantitative estimate of drug-likeness (QED) is 0.606. The zero-order valence-corrected chi connectivity index (χ0v) is 14.1. The van der Waals surface area contributed by atoms with Crippen LogP contribution in [0.3, 0.4) is 0 Å². The van der Waals surface area contributed by atoms with Crippen LogP contribution in [0.2, 0.25) is 5.02 Å². The molecule has 1 amide bonds. The number of nitriles is 1. The molecule has 0 spiro atoms. The number of benzene rings is 1. The van der Waals surface area contributed by atoms with E-state index in [0.29, 0.717) is 24.2 Å². The highest BCUT2D eigenvalue weighted by molar-refractivity contribution is 6.33. The highest BCUT2D eigenvalue weighted by atomic mass is 35.5. The summed E-state index contributed by atoms with van der Waals surface area (Å²) < 4.78 is 5.59. The van der Waals surface area contributed by atoms with Crippen LogP contribution in [0.5, 0.6) is 0 Å². The van der Waals surface area contributed by atoms with Crippen LogP contribution in [0.1, 0.15) is 29.8 Å². The van der Waals surface area contributed by atoms with Gasteiger partial charge in [-0.2, -0.15) is 5.26 Å². The van der Waals surface area contributed by atoms with Gasteiger partial charge in [0.05, 0.1) is 16.0 Å². The lowest BCUT2D eigenvalue weighted by Crippen LogP contribution is -2.53. The summed E-state index contributed by atoms with van der Waals surface area (Å²) in [5.74, 6) is 0.0373. The van der Waals surface area contributed by atoms with Crippen LogP contribution in [-0.4, -0.2) is 28.3 Å². The second-order valence-electron chi connectivity index (χ2n) is 5.95. The predicted octanol–water partition coefficient (Wildman–Crippen LogP) is 4.03. The number of non-ortho nitro benzene ring substituents is 1. The summed E-state index contributed by atoms with van der Waals surface area (Å²) in [7, 11) is 1.59. The summed E-state index contributed by atoms with van der Waals surface area (Å²) >= 11 is 6.08. The van der Waals surface area contributed by atoms with Crippen molar-refractivity contribution >= 4 is 23.2 Å². The number of furan rings is 1. The van der Waals surface area contributed by atoms with Gasteiger partial charge in [0.1, 0.15) is 11.3 Å². The number of hydrogen-bond donors (Lipinski definition) is 0. The van der Waals surface area contributed by atoms with Gasteiger partial charge in [0.25, 0.3) is 11.6 Å². The predicted molar refractivity (Wildman–Crippen MR) is 90.1 cm³/mol. The summed E-state index contributed by atoms with van der Waals surface area (Å²) in [6.07, 6.45) is 2.20. The highest BCUT2D eigenvalue weighted by Crippen LogP contribution is 2.38. The smallest absolute Gasteiger partial charge is 0.290 e. The SMILES string of the molecule is CN(C(=O)c1ccc(-c2ccc([N+](=O)[O-])cc2Cl)o1)C1(C#N)CCC1. The van der Waals surface area contributed by atoms with Crippen LogP contribution in [0.25, 0.3) is 11.3 Å². The van der Waals surface area contributed by atoms with Gasteiger partial charge in [-0.05, 0) is 37.5 Å². The standard InChI is InChI=1S/C17H14ClN3O4/c1-20(17(10-19)7-2-8-17)16(22)15-6-5-14(25-15)12-4-3-11(21(23)24)9-13(12)18/h3-6,9H,2,7-8H2,1H3. The van der Waals surface area contributed by atoms with Crippen molar-refractivity contribution in [2.24, 2.45) is 0 Å². The van der Waals surface area contributed by atoms with E-state index in [9.17, 15) is 20.2 Å². The maximum Gasteiger partial charge on any atom is 0.290 e. The number of hydrogen-bond acceptors (Lipinski definition) is 5. The number of carbonyl (C=O) groups excluding carboxylic acids is 1. The normalized spacial score (nSPS) is 15.1. The molecule has 7 nitrogen and oxygen atoms in total. The summed E-state index contributed by atoms with van der Waals surface area (Å²) in [5, 5.41) is 20.3. The molecule has 128 valence electrons. The molecule has 0 saturated heterocycles. The monoisotopic (exact) mass is 359 g/mol. The molecule has 0 aliphatic heterocycles. The number of nitrogens with zero attached hydrogens (tertiary/aromatic N) is 3. The number of carbonyl (C=O) groups is 1. The van der Waals surface area contributed by atoms with Gasteiger partial charge in [0.15, 0.2) is 5.76 Å². The van der Waals surface area contributed by atoms with Gasteiger partial charge in [-0.25, -0.2) is 0 Å². The Morgan fingerprint density at radius 1 is 1.40 bits per heavy atom. The van der Waals surface area contributed by atoms with Crippen LogP contribution in [0.4, 0.5) is 5.69 Å². The second-order valence-corrected chi connectivity index (χ2v) is 6.35. The Morgan fingerprint density at radius 2 is 2.12 bits per heavy atom. The lowest BCUT2D eigenvalue weighted by atomic mass is 9.76. The Labute approximate surface area is 148 Å². The summed E-state index contributed by atoms with van der Waals surface area (Å²) in [6, 6.07) is 9.31. The molecule has 0 N–H and O–H groups in total. The van der Waals surface area contributed by atoms with Crippen molar-refractivity contribution in [2.75, 3.05) is 7.05 Å². The van der Waals surface area contributed by atoms with E-state index < -0.39 is 10.5 Å². The lowest BCUT2D eigenvalue weighted by molar-refractivity contribution is -0.384. The molecule has 0 radical (unpaired) electrons. The molecule has 2 aromatic rings. The molecule has 1 fully saturated rings. The van der Waals surface area contributed by atoms with Crippen molar-refractivity contribution in [2.45, 2.75) is 24.8 Å². The Balaban J connectivity index is 1.87. The first-order chi connectivity index (χ1) is 11.9. The maximum absolute atomic E-state index is 12.6. The number of halogens is 1. The topological polar surface area (TPSA) is 100 Å². The highest BCUT2D eigenvalue weighted by Gasteiger charge is 2.44. The number of nitro benzene ring substituents is 1. The molecule has 0 unspecified atom stereocenters. The minimum Gasteiger partial charge on any atom is -0.451 e. The van der Waals surface area contributed by atoms with Gasteiger partial charge in [0.2, 0.25) is 0 Å². The Bertz CT molecular complexity index is 896. The van der Waals surface area contributed by atoms with Crippen molar-refractivity contribution in [1.82, 2.24) is 4.90 Å². The third-order valence-corrected chi connectivity index (χ3v) is 4.89. The fourth-order valence-electron chi connectivity index (χ4n) is 2.81. The minimum atomic E-state index is -0.769. The van der Waals surface area contributed by atoms with E-state index in [2.05, 4.69) is 6.07 Å². The van der Waals surface area contributed by atoms with E-state index in [1.807, 2.05) is 0 Å². The van der Waals surface area contributed by atoms with Gasteiger partial charge in [-0.1, -0.05) is 11.6 Å². The summed E-state index contributed by atoms with van der Waals surface area (Å²) in [5.41, 5.74) is -0.445. The van der Waals surface area contributed by atoms with Crippen molar-refractivity contribution in [1.29, 1.82) is 5.26 Å². The molecule has 3 rings (SSSR count). The first-order valence-corrected chi connectivity index (χ1v) is 7.99. The van der Waals surface area contributed by atoms with E-state index in [4.69, 9.17) is 16.0 Å². The second kappa shape index (κ2) is 6.22. The van der Waals surface area contributed by atoms with E-state index in [-0.39, 0.29) is 22.4 Å². The van der Waals surface area contributed by atoms with E-state index in [1.165, 1.54) is 29.2 Å². The molecule has 1 saturated carbocycles. The van der Waals surface area contributed by atoms with Crippen LogP contribution in [0, 0.1) is 21.4 Å². The molecule has 1 heterocycles. The van der Waals surface area contributed by atoms with Crippen LogP contribution in [0.15, 0.2) is 34.7 Å². The van der Waals surface area contributed by atoms with Crippen LogP contribution >= 0.6 is 11.6 Å². The number of amides is 1. The molecule has 25 heavy (non-hydrogen) atoms. The first kappa shape index (κ1) is 17.0. The average Bonchev–Trinajstić information content (AvgIpc) is 3.03. The molecule has 0 bridgehead atoms. The fourth-order valence-corrected chi connectivity index (χ4v) is 3.08. The molecular formula is C17H14ClN3O4. The van der Waals surface area contributed by atoms with E-state index in [1.54, 1.807) is 13.1 Å². The zero-order valence-electron chi connectivity index (χ0n) is 13.4. The molecule has 1 aliphatic carbocycles. The van der Waals surface area contributed by atoms with Crippen LogP contribution < -0.4 is 0 Å². The van der Waals surface area contributed by atoms with E-state index >= 15 is 0 Å². The van der Waals surface area contributed by atoms with E-state index in [0.717, 1.165) is 6.42 Å². The maximum atomic E-state index is 12.6. The minimum absolute atomic E-state index is 0.0912. The third kappa shape index (κ3) is 2.85. The fraction of sp³-hybridized carbons (Fsp3) is 0.294. The lowest BCUT2D eigenvalue weighted by Gasteiger charge is -2.42. The van der Waals surface area contributed by atoms with Gasteiger partial charge in [-0.15, -0.1) is 0 Å². The summed E-state index contributed by atoms with van der Waals surface area (Å²) in [6.45, 7) is 0. The zero-order chi connectivity index (χ0) is 18.2. The largest absolute Gasteiger partial charge is 0.451 e. The summed E-state index contributed by atoms with van der Waals surface area (Å²) in [4.78, 5) is 24.2. The molecule has 1 aromatic heterocycles. The molecular weight excluding hydrogens is 346 g/mol. The van der Waals surface area contributed by atoms with Gasteiger partial charge >= 0.3 is 0 Å². The van der Waals surface area contributed by atoms with Crippen molar-refractivity contribution in [3.8, 4) is 17.4 Å². The van der Waals surface area contributed by atoms with Crippen molar-refractivity contribution in [3.63, 3.8) is 0 Å². The van der Waals surface area contributed by atoms with Gasteiger partial charge in [0, 0.05) is 24.7 Å². The Morgan fingerprint density at radius 3 is 2.64 bits per heavy atom. The third-order valence-electron chi connectivity index (χ3n) is 4.58. The van der Waals surface area contributed by atoms with Crippen molar-refractivity contribution in [3.05, 3.63) is 51.2 Å². The number of nitro groups is 1. The molecule has 8 heteroatoms.